The SMILES string of the molecule is COc1ccc(O)c(C(CN)CNC(=O)OC(C)(C)C)c1. The van der Waals surface area contributed by atoms with Crippen LogP contribution >= 0.6 is 0 Å². The van der Waals surface area contributed by atoms with Gasteiger partial charge in [0.05, 0.1) is 7.11 Å². The lowest BCUT2D eigenvalue weighted by Gasteiger charge is -2.22. The van der Waals surface area contributed by atoms with Crippen LogP contribution in [0.5, 0.6) is 11.5 Å². The molecule has 0 aliphatic carbocycles. The van der Waals surface area contributed by atoms with Gasteiger partial charge in [0.15, 0.2) is 0 Å². The van der Waals surface area contributed by atoms with E-state index in [1.54, 1.807) is 46.1 Å². The van der Waals surface area contributed by atoms with E-state index in [4.69, 9.17) is 15.2 Å². The lowest BCUT2D eigenvalue weighted by atomic mass is 9.98. The lowest BCUT2D eigenvalue weighted by Crippen LogP contribution is -2.36. The highest BCUT2D eigenvalue weighted by molar-refractivity contribution is 5.67. The number of carbonyl (C=O) groups is 1. The van der Waals surface area contributed by atoms with E-state index < -0.39 is 11.7 Å². The van der Waals surface area contributed by atoms with Gasteiger partial charge in [-0.2, -0.15) is 0 Å². The molecule has 21 heavy (non-hydrogen) atoms. The molecule has 0 bridgehead atoms. The van der Waals surface area contributed by atoms with Gasteiger partial charge in [0, 0.05) is 24.6 Å². The van der Waals surface area contributed by atoms with E-state index in [0.717, 1.165) is 0 Å². The Labute approximate surface area is 125 Å². The molecule has 4 N–H and O–H groups in total. The minimum absolute atomic E-state index is 0.122. The first-order valence-corrected chi connectivity index (χ1v) is 6.80. The molecular formula is C15H24N2O4. The fourth-order valence-corrected chi connectivity index (χ4v) is 1.83. The van der Waals surface area contributed by atoms with Crippen molar-refractivity contribution in [2.75, 3.05) is 20.2 Å². The summed E-state index contributed by atoms with van der Waals surface area (Å²) in [6.45, 7) is 5.92. The van der Waals surface area contributed by atoms with Crippen LogP contribution in [0.25, 0.3) is 0 Å². The zero-order valence-corrected chi connectivity index (χ0v) is 13.0. The summed E-state index contributed by atoms with van der Waals surface area (Å²) < 4.78 is 10.3. The molecule has 1 unspecified atom stereocenters. The maximum Gasteiger partial charge on any atom is 0.407 e. The van der Waals surface area contributed by atoms with Crippen LogP contribution in [0.1, 0.15) is 32.3 Å². The van der Waals surface area contributed by atoms with Gasteiger partial charge >= 0.3 is 6.09 Å². The number of nitrogens with one attached hydrogen (secondary N) is 1. The summed E-state index contributed by atoms with van der Waals surface area (Å²) in [5.74, 6) is 0.517. The van der Waals surface area contributed by atoms with Gasteiger partial charge in [-0.05, 0) is 39.0 Å². The molecule has 6 heteroatoms. The molecule has 0 saturated carbocycles. The molecule has 0 aliphatic heterocycles. The Morgan fingerprint density at radius 1 is 1.43 bits per heavy atom. The number of methoxy groups -OCH3 is 1. The van der Waals surface area contributed by atoms with Crippen LogP contribution in [-0.2, 0) is 4.74 Å². The molecule has 0 fully saturated rings. The van der Waals surface area contributed by atoms with E-state index in [0.29, 0.717) is 11.3 Å². The monoisotopic (exact) mass is 296 g/mol. The molecule has 6 nitrogen and oxygen atoms in total. The first kappa shape index (κ1) is 17.1. The first-order valence-electron chi connectivity index (χ1n) is 6.80. The second-order valence-electron chi connectivity index (χ2n) is 5.74. The van der Waals surface area contributed by atoms with Crippen molar-refractivity contribution in [2.24, 2.45) is 5.73 Å². The van der Waals surface area contributed by atoms with E-state index in [1.807, 2.05) is 0 Å². The summed E-state index contributed by atoms with van der Waals surface area (Å²) in [5, 5.41) is 12.6. The Balaban J connectivity index is 2.73. The van der Waals surface area contributed by atoms with Crippen molar-refractivity contribution in [1.82, 2.24) is 5.32 Å². The number of nitrogens with two attached hydrogens (primary N) is 1. The number of rotatable bonds is 5. The summed E-state index contributed by atoms with van der Waals surface area (Å²) >= 11 is 0. The molecule has 1 amide bonds. The molecular weight excluding hydrogens is 272 g/mol. The number of carbonyl (C=O) groups excluding carboxylic acids is 1. The van der Waals surface area contributed by atoms with E-state index in [9.17, 15) is 9.90 Å². The third-order valence-electron chi connectivity index (χ3n) is 2.85. The van der Waals surface area contributed by atoms with Gasteiger partial charge in [-0.15, -0.1) is 0 Å². The maximum absolute atomic E-state index is 11.7. The van der Waals surface area contributed by atoms with Crippen LogP contribution in [-0.4, -0.2) is 37.0 Å². The van der Waals surface area contributed by atoms with Crippen LogP contribution in [0, 0.1) is 0 Å². The van der Waals surface area contributed by atoms with Crippen LogP contribution in [0.4, 0.5) is 4.79 Å². The standard InChI is InChI=1S/C15H24N2O4/c1-15(2,3)21-14(19)17-9-10(8-16)12-7-11(20-4)5-6-13(12)18/h5-7,10,18H,8-9,16H2,1-4H3,(H,17,19). The molecule has 1 aromatic carbocycles. The summed E-state index contributed by atoms with van der Waals surface area (Å²) in [6.07, 6.45) is -0.511. The third-order valence-corrected chi connectivity index (χ3v) is 2.85. The second kappa shape index (κ2) is 7.17. The molecule has 1 atom stereocenters. The first-order chi connectivity index (χ1) is 9.76. The molecule has 1 rings (SSSR count). The Hall–Kier alpha value is -1.95. The molecule has 1 aromatic rings. The topological polar surface area (TPSA) is 93.8 Å². The van der Waals surface area contributed by atoms with Crippen molar-refractivity contribution in [2.45, 2.75) is 32.3 Å². The highest BCUT2D eigenvalue weighted by Crippen LogP contribution is 2.29. The number of phenolic OH excluding ortho intramolecular Hbond substituents is 1. The maximum atomic E-state index is 11.7. The molecule has 0 heterocycles. The number of phenols is 1. The average Bonchev–Trinajstić information content (AvgIpc) is 2.39. The van der Waals surface area contributed by atoms with Crippen LogP contribution in [0.2, 0.25) is 0 Å². The predicted octanol–water partition coefficient (Wildman–Crippen LogP) is 1.97. The van der Waals surface area contributed by atoms with Gasteiger partial charge in [0.2, 0.25) is 0 Å². The van der Waals surface area contributed by atoms with Crippen LogP contribution in [0.3, 0.4) is 0 Å². The fourth-order valence-electron chi connectivity index (χ4n) is 1.83. The number of hydrogen-bond donors (Lipinski definition) is 3. The summed E-state index contributed by atoms with van der Waals surface area (Å²) in [6, 6.07) is 4.92. The Morgan fingerprint density at radius 3 is 2.62 bits per heavy atom. The zero-order valence-electron chi connectivity index (χ0n) is 13.0. The summed E-state index contributed by atoms with van der Waals surface area (Å²) in [5.41, 5.74) is 5.81. The predicted molar refractivity (Wildman–Crippen MR) is 80.7 cm³/mol. The van der Waals surface area contributed by atoms with Crippen molar-refractivity contribution < 1.29 is 19.4 Å². The molecule has 118 valence electrons. The van der Waals surface area contributed by atoms with Gasteiger partial charge < -0.3 is 25.6 Å². The minimum Gasteiger partial charge on any atom is -0.508 e. The number of hydrogen-bond acceptors (Lipinski definition) is 5. The smallest absolute Gasteiger partial charge is 0.407 e. The van der Waals surface area contributed by atoms with E-state index in [-0.39, 0.29) is 24.8 Å². The normalized spacial score (nSPS) is 12.6. The van der Waals surface area contributed by atoms with Gasteiger partial charge in [-0.1, -0.05) is 0 Å². The second-order valence-corrected chi connectivity index (χ2v) is 5.74. The largest absolute Gasteiger partial charge is 0.508 e. The van der Waals surface area contributed by atoms with Crippen molar-refractivity contribution in [3.63, 3.8) is 0 Å². The van der Waals surface area contributed by atoms with Gasteiger partial charge in [-0.3, -0.25) is 0 Å². The molecule has 0 aromatic heterocycles. The molecule has 0 radical (unpaired) electrons. The van der Waals surface area contributed by atoms with Crippen molar-refractivity contribution in [3.8, 4) is 11.5 Å². The summed E-state index contributed by atoms with van der Waals surface area (Å²) in [4.78, 5) is 11.7. The molecule has 0 saturated heterocycles. The fraction of sp³-hybridized carbons (Fsp3) is 0.533. The van der Waals surface area contributed by atoms with E-state index in [2.05, 4.69) is 5.32 Å². The lowest BCUT2D eigenvalue weighted by molar-refractivity contribution is 0.0524. The molecule has 0 spiro atoms. The van der Waals surface area contributed by atoms with Crippen LogP contribution < -0.4 is 15.8 Å². The minimum atomic E-state index is -0.555. The van der Waals surface area contributed by atoms with Gasteiger partial charge in [-0.25, -0.2) is 4.79 Å². The summed E-state index contributed by atoms with van der Waals surface area (Å²) in [7, 11) is 1.55. The number of amides is 1. The van der Waals surface area contributed by atoms with Crippen molar-refractivity contribution in [3.05, 3.63) is 23.8 Å². The Bertz CT molecular complexity index is 483. The van der Waals surface area contributed by atoms with Crippen LogP contribution in [0.15, 0.2) is 18.2 Å². The Kier molecular flexibility index (Phi) is 5.84. The zero-order chi connectivity index (χ0) is 16.0. The number of ether oxygens (including phenoxy) is 2. The van der Waals surface area contributed by atoms with E-state index in [1.165, 1.54) is 0 Å². The number of aromatic hydroxyl groups is 1. The number of alkyl carbamates (subject to hydrolysis) is 1. The highest BCUT2D eigenvalue weighted by Gasteiger charge is 2.19. The molecule has 0 aliphatic rings. The van der Waals surface area contributed by atoms with Gasteiger partial charge in [0.1, 0.15) is 17.1 Å². The quantitative estimate of drug-likeness (QED) is 0.772. The average molecular weight is 296 g/mol. The Morgan fingerprint density at radius 2 is 2.10 bits per heavy atom. The highest BCUT2D eigenvalue weighted by atomic mass is 16.6. The van der Waals surface area contributed by atoms with Crippen molar-refractivity contribution in [1.29, 1.82) is 0 Å². The van der Waals surface area contributed by atoms with Crippen molar-refractivity contribution >= 4 is 6.09 Å². The van der Waals surface area contributed by atoms with Gasteiger partial charge in [0.25, 0.3) is 0 Å². The number of benzene rings is 1. The van der Waals surface area contributed by atoms with E-state index >= 15 is 0 Å². The third kappa shape index (κ3) is 5.51.